The molecule has 1 aromatic carbocycles. The number of rotatable bonds is 29. The summed E-state index contributed by atoms with van der Waals surface area (Å²) >= 11 is 1.98. The first-order chi connectivity index (χ1) is 38.2. The summed E-state index contributed by atoms with van der Waals surface area (Å²) in [7, 11) is 9.26. The maximum atomic E-state index is 15.7. The molecule has 1 atom stereocenters. The van der Waals surface area contributed by atoms with Crippen LogP contribution in [0.1, 0.15) is 116 Å². The topological polar surface area (TPSA) is 330 Å². The van der Waals surface area contributed by atoms with Crippen molar-refractivity contribution in [2.45, 2.75) is 102 Å². The predicted octanol–water partition coefficient (Wildman–Crippen LogP) is 3.79. The van der Waals surface area contributed by atoms with Gasteiger partial charge < -0.3 is 62.9 Å². The molecule has 0 saturated heterocycles. The third kappa shape index (κ3) is 15.6. The van der Waals surface area contributed by atoms with E-state index in [0.717, 1.165) is 42.7 Å². The van der Waals surface area contributed by atoms with Crippen LogP contribution >= 0.6 is 22.6 Å². The summed E-state index contributed by atoms with van der Waals surface area (Å²) in [5, 5.41) is 3.05. The van der Waals surface area contributed by atoms with Gasteiger partial charge in [-0.25, -0.2) is 4.79 Å². The normalized spacial score (nSPS) is 13.7. The van der Waals surface area contributed by atoms with Crippen molar-refractivity contribution in [3.05, 3.63) is 113 Å². The van der Waals surface area contributed by atoms with Gasteiger partial charge in [0.15, 0.2) is 0 Å². The Morgan fingerprint density at radius 1 is 0.463 bits per heavy atom. The summed E-state index contributed by atoms with van der Waals surface area (Å²) in [6, 6.07) is 8.67. The van der Waals surface area contributed by atoms with Crippen LogP contribution in [0.15, 0.2) is 41.5 Å². The Bertz CT molecular complexity index is 3060. The number of aromatic amines is 3. The average Bonchev–Trinajstić information content (AvgIpc) is 4.30. The van der Waals surface area contributed by atoms with E-state index in [1.54, 1.807) is 30.3 Å². The zero-order valence-electron chi connectivity index (χ0n) is 45.5. The minimum atomic E-state index is -1.78. The Morgan fingerprint density at radius 3 is 1.40 bits per heavy atom. The van der Waals surface area contributed by atoms with Gasteiger partial charge in [0.05, 0.1) is 103 Å². The van der Waals surface area contributed by atoms with Crippen LogP contribution in [0.5, 0.6) is 0 Å². The minimum absolute atomic E-state index is 0.00115. The number of hydrogen-bond donors (Lipinski definition) is 4. The highest BCUT2D eigenvalue weighted by atomic mass is 127. The number of carbonyl (C=O) groups is 11. The van der Waals surface area contributed by atoms with Crippen molar-refractivity contribution >= 4 is 88.0 Å². The lowest BCUT2D eigenvalue weighted by molar-refractivity contribution is -0.141. The Morgan fingerprint density at radius 2 is 0.887 bits per heavy atom. The smallest absolute Gasteiger partial charge is 0.355 e. The van der Waals surface area contributed by atoms with Gasteiger partial charge in [0.1, 0.15) is 12.3 Å². The van der Waals surface area contributed by atoms with Crippen molar-refractivity contribution in [1.82, 2.24) is 20.3 Å². The standard InChI is InChI=1S/C55H63IN4O20/c1-72-40(61)18-14-30-36(24-46(67)78-7)52(56)58-38(30)26-55(37(25-47(68)79-8)33(53(70)60-55)17-21-43(64)75-4)27-39-34(22-44(65)76-5)31(15-19-41(62)73-2)48(57-39)51(69)49-35(23-45(66)77-6)32(16-20-42(63)74-3)50(59-49)54(71)80-28-29-12-10-9-11-13-29/h9-13,57-59H,14-28H2,1-8H3,(H,60,70). The Balaban J connectivity index is 1.88. The molecule has 1 unspecified atom stereocenters. The van der Waals surface area contributed by atoms with Crippen molar-refractivity contribution in [1.29, 1.82) is 0 Å². The first kappa shape index (κ1) is 62.7. The Kier molecular flexibility index (Phi) is 22.9. The molecule has 0 bridgehead atoms. The summed E-state index contributed by atoms with van der Waals surface area (Å²) in [5.41, 5.74) is -0.498. The molecule has 430 valence electrons. The summed E-state index contributed by atoms with van der Waals surface area (Å²) in [6.45, 7) is -0.213. The zero-order valence-corrected chi connectivity index (χ0v) is 47.7. The van der Waals surface area contributed by atoms with E-state index < -0.39 is 96.6 Å². The molecule has 0 aliphatic carbocycles. The molecule has 80 heavy (non-hydrogen) atoms. The Hall–Kier alpha value is -8.10. The number of methoxy groups -OCH3 is 8. The van der Waals surface area contributed by atoms with Crippen molar-refractivity contribution in [2.75, 3.05) is 56.9 Å². The second kappa shape index (κ2) is 29.2. The minimum Gasteiger partial charge on any atom is -0.469 e. The fraction of sp³-hybridized carbons (Fsp3) is 0.436. The zero-order chi connectivity index (χ0) is 58.8. The number of amides is 1. The molecule has 1 amide bonds. The second-order valence-electron chi connectivity index (χ2n) is 18.2. The molecule has 3 aromatic heterocycles. The fourth-order valence-corrected chi connectivity index (χ4v) is 10.4. The van der Waals surface area contributed by atoms with E-state index in [1.807, 2.05) is 22.6 Å². The summed E-state index contributed by atoms with van der Waals surface area (Å²) < 4.78 is 46.2. The van der Waals surface area contributed by atoms with Gasteiger partial charge in [-0.1, -0.05) is 30.3 Å². The summed E-state index contributed by atoms with van der Waals surface area (Å²) in [4.78, 5) is 158. The molecule has 24 nitrogen and oxygen atoms in total. The molecule has 25 heteroatoms. The number of carbonyl (C=O) groups excluding carboxylic acids is 11. The first-order valence-corrected chi connectivity index (χ1v) is 26.0. The lowest BCUT2D eigenvalue weighted by atomic mass is 9.77. The van der Waals surface area contributed by atoms with Crippen LogP contribution in [0.4, 0.5) is 0 Å². The lowest BCUT2D eigenvalue weighted by Gasteiger charge is -2.33. The number of ketones is 1. The van der Waals surface area contributed by atoms with Crippen molar-refractivity contribution in [2.24, 2.45) is 0 Å². The maximum Gasteiger partial charge on any atom is 0.355 e. The van der Waals surface area contributed by atoms with Crippen molar-refractivity contribution in [3.63, 3.8) is 0 Å². The van der Waals surface area contributed by atoms with Gasteiger partial charge in [0.25, 0.3) is 0 Å². The molecule has 0 spiro atoms. The quantitative estimate of drug-likeness (QED) is 0.0260. The second-order valence-corrected chi connectivity index (χ2v) is 19.3. The molecule has 4 N–H and O–H groups in total. The van der Waals surface area contributed by atoms with Gasteiger partial charge in [-0.2, -0.15) is 0 Å². The van der Waals surface area contributed by atoms with E-state index in [9.17, 15) is 47.9 Å². The van der Waals surface area contributed by atoms with E-state index in [4.69, 9.17) is 42.6 Å². The maximum absolute atomic E-state index is 15.7. The van der Waals surface area contributed by atoms with Crippen LogP contribution in [-0.4, -0.2) is 143 Å². The largest absolute Gasteiger partial charge is 0.469 e. The van der Waals surface area contributed by atoms with Crippen molar-refractivity contribution in [3.8, 4) is 0 Å². The van der Waals surface area contributed by atoms with Gasteiger partial charge in [0.2, 0.25) is 11.7 Å². The van der Waals surface area contributed by atoms with E-state index in [1.165, 1.54) is 14.2 Å². The average molecular weight is 1230 g/mol. The highest BCUT2D eigenvalue weighted by molar-refractivity contribution is 14.1. The van der Waals surface area contributed by atoms with E-state index in [-0.39, 0.29) is 127 Å². The molecule has 4 aromatic rings. The predicted molar refractivity (Wildman–Crippen MR) is 285 cm³/mol. The van der Waals surface area contributed by atoms with Gasteiger partial charge in [0, 0.05) is 55.5 Å². The Labute approximate surface area is 473 Å². The monoisotopic (exact) mass is 1230 g/mol. The number of H-pyrrole nitrogens is 3. The number of benzene rings is 1. The molecule has 0 radical (unpaired) electrons. The van der Waals surface area contributed by atoms with E-state index in [0.29, 0.717) is 26.1 Å². The molecule has 1 aliphatic heterocycles. The third-order valence-electron chi connectivity index (χ3n) is 13.6. The molecular weight excluding hydrogens is 1160 g/mol. The fourth-order valence-electron chi connectivity index (χ4n) is 9.53. The number of nitrogens with one attached hydrogen (secondary N) is 4. The van der Waals surface area contributed by atoms with Gasteiger partial charge in [-0.3, -0.25) is 47.9 Å². The number of hydrogen-bond acceptors (Lipinski definition) is 20. The van der Waals surface area contributed by atoms with Crippen LogP contribution in [0.3, 0.4) is 0 Å². The number of halogens is 1. The van der Waals surface area contributed by atoms with Crippen LogP contribution in [0.25, 0.3) is 0 Å². The summed E-state index contributed by atoms with van der Waals surface area (Å²) in [5.74, 6) is -8.39. The summed E-state index contributed by atoms with van der Waals surface area (Å²) in [6.07, 6.45) is -4.59. The molecule has 1 aliphatic rings. The van der Waals surface area contributed by atoms with Gasteiger partial charge >= 0.3 is 53.7 Å². The lowest BCUT2D eigenvalue weighted by Crippen LogP contribution is -2.49. The van der Waals surface area contributed by atoms with Crippen LogP contribution in [-0.2, 0) is 144 Å². The molecule has 0 saturated carbocycles. The third-order valence-corrected chi connectivity index (χ3v) is 14.5. The van der Waals surface area contributed by atoms with Crippen LogP contribution < -0.4 is 5.32 Å². The van der Waals surface area contributed by atoms with Crippen LogP contribution in [0, 0.1) is 3.70 Å². The van der Waals surface area contributed by atoms with Gasteiger partial charge in [-0.05, 0) is 92.8 Å². The number of aromatic nitrogens is 3. The van der Waals surface area contributed by atoms with E-state index >= 15 is 4.79 Å². The number of ether oxygens (including phenoxy) is 9. The SMILES string of the molecule is COC(=O)CCC1=C(CC(=O)OC)C(Cc2[nH]c(I)c(CC(=O)OC)c2CCC(=O)OC)(Cc2[nH]c(C(=O)c3[nH]c(C(=O)OCc4ccccc4)c(CCC(=O)OC)c3CC(=O)OC)c(CCC(=O)OC)c2CC(=O)OC)NC1=O. The molecular formula is C55H63IN4O20. The highest BCUT2D eigenvalue weighted by Gasteiger charge is 2.48. The van der Waals surface area contributed by atoms with Gasteiger partial charge in [-0.15, -0.1) is 0 Å². The van der Waals surface area contributed by atoms with Crippen molar-refractivity contribution < 1.29 is 95.4 Å². The number of esters is 9. The first-order valence-electron chi connectivity index (χ1n) is 24.9. The molecule has 5 rings (SSSR count). The highest BCUT2D eigenvalue weighted by Crippen LogP contribution is 2.41. The molecule has 0 fully saturated rings. The van der Waals surface area contributed by atoms with Crippen LogP contribution in [0.2, 0.25) is 0 Å². The van der Waals surface area contributed by atoms with E-state index in [2.05, 4.69) is 20.3 Å². The molecule has 4 heterocycles.